The summed E-state index contributed by atoms with van der Waals surface area (Å²) in [6, 6.07) is 67.6. The normalized spacial score (nSPS) is 11.1. The molecular weight excluding hydrogens is 727 g/mol. The number of rotatable bonds is 6. The first-order valence-corrected chi connectivity index (χ1v) is 18.6. The lowest BCUT2D eigenvalue weighted by atomic mass is 10.0. The Balaban J connectivity index is 0.000000153. The highest BCUT2D eigenvalue weighted by Crippen LogP contribution is 2.36. The molecule has 0 aliphatic carbocycles. The third-order valence-corrected chi connectivity index (χ3v) is 10.5. The fourth-order valence-electron chi connectivity index (χ4n) is 7.44. The molecule has 10 rings (SSSR count). The van der Waals surface area contributed by atoms with Crippen LogP contribution in [0.2, 0.25) is 0 Å². The molecule has 0 spiro atoms. The number of hydrogen-bond donors (Lipinski definition) is 1. The fraction of sp³-hybridized carbons (Fsp3) is 0. The minimum Gasteiger partial charge on any atom is -0.537 e. The maximum atomic E-state index is 8.77. The van der Waals surface area contributed by atoms with Gasteiger partial charge in [-0.3, -0.25) is 0 Å². The fourth-order valence-corrected chi connectivity index (χ4v) is 7.71. The molecular formula is C48H35BBrN2O2. The summed E-state index contributed by atoms with van der Waals surface area (Å²) in [7, 11) is 0.694. The monoisotopic (exact) mass is 761 g/mol. The SMILES string of the molecule is Brc1ccc(-c2ccc3c(c2)c2ccccc2n3-c2ccccc2)cc1.O[B]Oc1ccc(-c2ccc3c(c2)c2ccccc2n3-c2ccccc2)cc1.[HH]. The molecule has 0 bridgehead atoms. The van der Waals surface area contributed by atoms with Crippen molar-refractivity contribution in [2.45, 2.75) is 0 Å². The van der Waals surface area contributed by atoms with E-state index in [1.807, 2.05) is 30.3 Å². The summed E-state index contributed by atoms with van der Waals surface area (Å²) in [5, 5.41) is 13.8. The minimum atomic E-state index is 0. The smallest absolute Gasteiger partial charge is 0.537 e. The van der Waals surface area contributed by atoms with Crippen LogP contribution < -0.4 is 4.65 Å². The van der Waals surface area contributed by atoms with E-state index in [1.165, 1.54) is 60.4 Å². The lowest BCUT2D eigenvalue weighted by Crippen LogP contribution is -1.99. The van der Waals surface area contributed by atoms with Gasteiger partial charge in [0, 0.05) is 38.8 Å². The molecule has 8 aromatic carbocycles. The zero-order valence-corrected chi connectivity index (χ0v) is 30.8. The number of para-hydroxylation sites is 4. The van der Waals surface area contributed by atoms with Crippen molar-refractivity contribution in [2.75, 3.05) is 0 Å². The molecule has 0 saturated carbocycles. The van der Waals surface area contributed by atoms with Crippen molar-refractivity contribution in [1.82, 2.24) is 9.13 Å². The molecule has 2 heterocycles. The van der Waals surface area contributed by atoms with Gasteiger partial charge in [-0.15, -0.1) is 0 Å². The van der Waals surface area contributed by atoms with Crippen LogP contribution in [0.1, 0.15) is 1.43 Å². The summed E-state index contributed by atoms with van der Waals surface area (Å²) >= 11 is 3.52. The molecule has 2 aromatic heterocycles. The van der Waals surface area contributed by atoms with E-state index in [0.29, 0.717) is 13.4 Å². The summed E-state index contributed by atoms with van der Waals surface area (Å²) in [5.74, 6) is 0.605. The van der Waals surface area contributed by atoms with Gasteiger partial charge in [-0.2, -0.15) is 0 Å². The standard InChI is InChI=1S/C24H17BNO2.C24H16BrN.H2/c27-25-28-20-13-10-17(11-14-20)18-12-15-24-22(16-18)21-8-4-5-9-23(21)26(24)19-6-2-1-3-7-19;25-19-13-10-17(11-14-19)18-12-15-24-22(16-18)21-8-4-5-9-23(21)26(24)20-6-2-1-3-7-20;/h1-16,27H;1-16H;1H. The molecule has 0 saturated heterocycles. The maximum absolute atomic E-state index is 8.77. The van der Waals surface area contributed by atoms with Crippen molar-refractivity contribution in [1.29, 1.82) is 0 Å². The Hall–Kier alpha value is -6.34. The van der Waals surface area contributed by atoms with E-state index in [9.17, 15) is 0 Å². The van der Waals surface area contributed by atoms with Crippen LogP contribution in [-0.2, 0) is 0 Å². The largest absolute Gasteiger partial charge is 0.569 e. The highest BCUT2D eigenvalue weighted by atomic mass is 79.9. The maximum Gasteiger partial charge on any atom is 0.569 e. The molecule has 0 unspecified atom stereocenters. The van der Waals surface area contributed by atoms with Gasteiger partial charge < -0.3 is 18.8 Å². The highest BCUT2D eigenvalue weighted by molar-refractivity contribution is 9.10. The Kier molecular flexibility index (Phi) is 9.05. The van der Waals surface area contributed by atoms with Crippen molar-refractivity contribution in [3.8, 4) is 39.4 Å². The van der Waals surface area contributed by atoms with Crippen LogP contribution in [0.4, 0.5) is 0 Å². The van der Waals surface area contributed by atoms with E-state index in [4.69, 9.17) is 9.68 Å². The van der Waals surface area contributed by atoms with Gasteiger partial charge in [-0.1, -0.05) is 125 Å². The molecule has 0 amide bonds. The Labute approximate surface area is 324 Å². The van der Waals surface area contributed by atoms with Crippen LogP contribution in [0.15, 0.2) is 199 Å². The quantitative estimate of drug-likeness (QED) is 0.171. The number of hydrogen-bond acceptors (Lipinski definition) is 2. The first kappa shape index (κ1) is 33.5. The van der Waals surface area contributed by atoms with Crippen LogP contribution in [0.5, 0.6) is 5.75 Å². The van der Waals surface area contributed by atoms with E-state index in [0.717, 1.165) is 21.3 Å². The van der Waals surface area contributed by atoms with Crippen molar-refractivity contribution in [2.24, 2.45) is 0 Å². The van der Waals surface area contributed by atoms with Crippen molar-refractivity contribution in [3.63, 3.8) is 0 Å². The summed E-state index contributed by atoms with van der Waals surface area (Å²) in [4.78, 5) is 0. The molecule has 1 N–H and O–H groups in total. The van der Waals surface area contributed by atoms with Crippen LogP contribution in [-0.4, -0.2) is 21.8 Å². The first-order valence-electron chi connectivity index (χ1n) is 17.8. The molecule has 0 atom stereocenters. The van der Waals surface area contributed by atoms with Gasteiger partial charge in [0.05, 0.1) is 22.1 Å². The first-order chi connectivity index (χ1) is 26.7. The Morgan fingerprint density at radius 1 is 0.407 bits per heavy atom. The summed E-state index contributed by atoms with van der Waals surface area (Å²) in [6.07, 6.45) is 0. The summed E-state index contributed by atoms with van der Waals surface area (Å²) in [5.41, 5.74) is 11.9. The van der Waals surface area contributed by atoms with Gasteiger partial charge in [0.1, 0.15) is 5.75 Å². The van der Waals surface area contributed by atoms with Crippen LogP contribution in [0.3, 0.4) is 0 Å². The molecule has 1 radical (unpaired) electrons. The number of halogens is 1. The van der Waals surface area contributed by atoms with E-state index in [-0.39, 0.29) is 1.43 Å². The van der Waals surface area contributed by atoms with Crippen LogP contribution in [0.25, 0.3) is 77.2 Å². The topological polar surface area (TPSA) is 39.3 Å². The van der Waals surface area contributed by atoms with Crippen molar-refractivity contribution >= 4 is 67.2 Å². The number of fused-ring (bicyclic) bond motifs is 6. The lowest BCUT2D eigenvalue weighted by Gasteiger charge is -2.08. The van der Waals surface area contributed by atoms with Crippen LogP contribution >= 0.6 is 15.9 Å². The molecule has 54 heavy (non-hydrogen) atoms. The predicted molar refractivity (Wildman–Crippen MR) is 231 cm³/mol. The minimum absolute atomic E-state index is 0. The number of aromatic nitrogens is 2. The molecule has 0 aliphatic heterocycles. The second-order valence-corrected chi connectivity index (χ2v) is 14.0. The second kappa shape index (κ2) is 14.6. The second-order valence-electron chi connectivity index (χ2n) is 13.1. The van der Waals surface area contributed by atoms with E-state index < -0.39 is 0 Å². The Bertz CT molecular complexity index is 2890. The third kappa shape index (κ3) is 6.26. The zero-order valence-electron chi connectivity index (χ0n) is 29.2. The summed E-state index contributed by atoms with van der Waals surface area (Å²) < 4.78 is 10.8. The van der Waals surface area contributed by atoms with E-state index in [2.05, 4.69) is 189 Å². The average molecular weight is 763 g/mol. The van der Waals surface area contributed by atoms with E-state index >= 15 is 0 Å². The van der Waals surface area contributed by atoms with Crippen molar-refractivity contribution < 1.29 is 11.1 Å². The molecule has 0 aliphatic rings. The summed E-state index contributed by atoms with van der Waals surface area (Å²) in [6.45, 7) is 0. The zero-order chi connectivity index (χ0) is 36.4. The molecule has 10 aromatic rings. The van der Waals surface area contributed by atoms with Gasteiger partial charge in [0.15, 0.2) is 0 Å². The van der Waals surface area contributed by atoms with E-state index in [1.54, 1.807) is 0 Å². The molecule has 259 valence electrons. The van der Waals surface area contributed by atoms with Gasteiger partial charge >= 0.3 is 7.69 Å². The van der Waals surface area contributed by atoms with Crippen LogP contribution in [0, 0.1) is 0 Å². The van der Waals surface area contributed by atoms with Gasteiger partial charge in [0.2, 0.25) is 0 Å². The molecule has 0 fully saturated rings. The number of nitrogens with zero attached hydrogens (tertiary/aromatic N) is 2. The van der Waals surface area contributed by atoms with Gasteiger partial charge in [-0.25, -0.2) is 0 Å². The third-order valence-electron chi connectivity index (χ3n) is 9.93. The lowest BCUT2D eigenvalue weighted by molar-refractivity contribution is 0.454. The predicted octanol–water partition coefficient (Wildman–Crippen LogP) is 12.8. The average Bonchev–Trinajstić information content (AvgIpc) is 3.75. The molecule has 4 nitrogen and oxygen atoms in total. The van der Waals surface area contributed by atoms with Gasteiger partial charge in [-0.05, 0) is 107 Å². The Morgan fingerprint density at radius 3 is 1.26 bits per heavy atom. The number of benzene rings is 8. The molecule has 6 heteroatoms. The van der Waals surface area contributed by atoms with Gasteiger partial charge in [0.25, 0.3) is 0 Å². The Morgan fingerprint density at radius 2 is 0.796 bits per heavy atom. The van der Waals surface area contributed by atoms with Crippen molar-refractivity contribution in [3.05, 3.63) is 199 Å². The highest BCUT2D eigenvalue weighted by Gasteiger charge is 2.14.